The van der Waals surface area contributed by atoms with Gasteiger partial charge in [-0.05, 0) is 236 Å². The van der Waals surface area contributed by atoms with Gasteiger partial charge in [0.2, 0.25) is 0 Å². The van der Waals surface area contributed by atoms with E-state index in [4.69, 9.17) is 19.9 Å². The molecule has 15 heterocycles. The first-order valence-corrected chi connectivity index (χ1v) is 47.3. The van der Waals surface area contributed by atoms with Gasteiger partial charge in [-0.25, -0.2) is 4.98 Å². The molecule has 0 atom stereocenters. The van der Waals surface area contributed by atoms with Crippen molar-refractivity contribution in [2.75, 3.05) is 0 Å². The Hall–Kier alpha value is -19.5. The van der Waals surface area contributed by atoms with Gasteiger partial charge < -0.3 is 18.3 Å². The van der Waals surface area contributed by atoms with Crippen LogP contribution in [-0.4, -0.2) is 73.1 Å². The minimum Gasteiger partial charge on any atom is -0.308 e. The fourth-order valence-electron chi connectivity index (χ4n) is 20.7. The van der Waals surface area contributed by atoms with Crippen molar-refractivity contribution < 1.29 is 0 Å². The predicted molar refractivity (Wildman–Crippen MR) is 582 cm³/mol. The third kappa shape index (κ3) is 14.9. The molecule has 15 heteroatoms. The number of rotatable bonds is 11. The van der Waals surface area contributed by atoms with Crippen LogP contribution in [0.4, 0.5) is 0 Å². The Morgan fingerprint density at radius 2 is 0.472 bits per heavy atom. The molecule has 0 saturated carbocycles. The van der Waals surface area contributed by atoms with E-state index in [1.54, 1.807) is 12.4 Å². The van der Waals surface area contributed by atoms with Crippen molar-refractivity contribution in [2.24, 2.45) is 0 Å². The quantitative estimate of drug-likeness (QED) is 0.121. The number of para-hydroxylation sites is 1. The van der Waals surface area contributed by atoms with Gasteiger partial charge in [0.05, 0.1) is 131 Å². The third-order valence-corrected chi connectivity index (χ3v) is 27.2. The maximum atomic E-state index is 4.94. The van der Waals surface area contributed by atoms with Gasteiger partial charge in [0.15, 0.2) is 0 Å². The number of nitrogens with zero attached hydrogens (tertiary/aromatic N) is 15. The summed E-state index contributed by atoms with van der Waals surface area (Å²) in [6.07, 6.45) is 28.0. The Kier molecular flexibility index (Phi) is 20.9. The van der Waals surface area contributed by atoms with Crippen LogP contribution in [0.5, 0.6) is 0 Å². The standard InChI is InChI=1S/C35H22N4.2C31H20N4.C30H19N3/c1-3-9-28-23(6-1)12-16-33-34(28)30-20-25(13-15-32(30)39(33)27-8-5-18-36-22-27)31-14-11-26(21-38-31)35-29-10-4-2-7-24(29)17-19-37-35;1-2-8-26-21(5-1)10-14-30-31(26)27-17-22(11-13-29(27)35(30)25-7-4-16-33-20-25)28-12-9-24(19-34-28)23-6-3-15-32-18-23;1-2-8-25-21(6-1)11-15-30-31(25)26-18-22(12-14-29(26)35(30)24-7-5-16-32-20-24)23-10-13-28(34-19-23)27-9-3-4-17-33-27;1-3-9-24-20(6-1)12-16-29-30(24)25-18-22(27-14-11-21-7-2-4-10-26(21)32-27)13-15-28(25)33(29)23-8-5-17-31-19-23/h1-22H;2*1-20H;1-19H. The van der Waals surface area contributed by atoms with Crippen LogP contribution in [0.1, 0.15) is 0 Å². The van der Waals surface area contributed by atoms with Crippen molar-refractivity contribution in [3.8, 4) is 101 Å². The highest BCUT2D eigenvalue weighted by atomic mass is 15.0. The lowest BCUT2D eigenvalue weighted by Crippen LogP contribution is -1.94. The average molecular weight is 1820 g/mol. The van der Waals surface area contributed by atoms with E-state index in [2.05, 4.69) is 375 Å². The van der Waals surface area contributed by atoms with Crippen molar-refractivity contribution in [3.63, 3.8) is 0 Å². The molecule has 0 aliphatic carbocycles. The molecule has 29 aromatic rings. The maximum Gasteiger partial charge on any atom is 0.0886 e. The number of benzene rings is 14. The highest BCUT2D eigenvalue weighted by molar-refractivity contribution is 6.26. The van der Waals surface area contributed by atoms with E-state index < -0.39 is 0 Å². The summed E-state index contributed by atoms with van der Waals surface area (Å²) in [5.74, 6) is 0. The number of pyridine rings is 11. The first-order valence-electron chi connectivity index (χ1n) is 47.3. The molecule has 664 valence electrons. The van der Waals surface area contributed by atoms with Gasteiger partial charge in [-0.3, -0.25) is 49.8 Å². The van der Waals surface area contributed by atoms with E-state index in [9.17, 15) is 0 Å². The molecular formula is C127H81N15. The monoisotopic (exact) mass is 1820 g/mol. The number of hydrogen-bond acceptors (Lipinski definition) is 11. The lowest BCUT2D eigenvalue weighted by atomic mass is 10.0. The number of fused-ring (bicyclic) bond motifs is 22. The Morgan fingerprint density at radius 3 is 0.873 bits per heavy atom. The van der Waals surface area contributed by atoms with Gasteiger partial charge in [0, 0.05) is 161 Å². The summed E-state index contributed by atoms with van der Waals surface area (Å²) in [6, 6.07) is 140. The van der Waals surface area contributed by atoms with E-state index in [-0.39, 0.29) is 0 Å². The molecule has 0 saturated heterocycles. The van der Waals surface area contributed by atoms with Crippen molar-refractivity contribution in [1.82, 2.24) is 73.1 Å². The molecule has 15 nitrogen and oxygen atoms in total. The number of aromatic nitrogens is 15. The van der Waals surface area contributed by atoms with Gasteiger partial charge >= 0.3 is 0 Å². The fraction of sp³-hybridized carbons (Fsp3) is 0. The van der Waals surface area contributed by atoms with E-state index in [0.29, 0.717) is 0 Å². The molecule has 0 fully saturated rings. The summed E-state index contributed by atoms with van der Waals surface area (Å²) in [7, 11) is 0. The lowest BCUT2D eigenvalue weighted by Gasteiger charge is -2.08. The first kappa shape index (κ1) is 83.1. The van der Waals surface area contributed by atoms with Crippen LogP contribution in [0.2, 0.25) is 0 Å². The summed E-state index contributed by atoms with van der Waals surface area (Å²) in [5, 5.41) is 23.2. The van der Waals surface area contributed by atoms with Crippen LogP contribution >= 0.6 is 0 Å². The summed E-state index contributed by atoms with van der Waals surface area (Å²) >= 11 is 0. The SMILES string of the molecule is c1ccc(-c2ccc(-c3ccc4c(c3)c3c5ccccc5ccc3n4-c3cccnc3)cn2)nc1.c1cncc(-c2ccc(-c3ccc4c(c3)c3c5ccccc5ccc3n4-c3cccnc3)nc2)c1.c1cncc(-n2c3ccc(-c4ccc(-c5nccc6ccccc56)cn4)cc3c3c4ccccc4ccc32)c1.c1cncc(-n2c3ccc(-c4ccc5ccccc5n4)cc3c3c4ccccc4ccc32)c1. The highest BCUT2D eigenvalue weighted by Gasteiger charge is 2.24. The normalized spacial score (nSPS) is 11.5. The Bertz CT molecular complexity index is 9610. The van der Waals surface area contributed by atoms with Gasteiger partial charge in [-0.1, -0.05) is 218 Å². The van der Waals surface area contributed by atoms with Crippen LogP contribution in [0.3, 0.4) is 0 Å². The second kappa shape index (κ2) is 35.6. The second-order valence-corrected chi connectivity index (χ2v) is 35.4. The van der Waals surface area contributed by atoms with E-state index >= 15 is 0 Å². The van der Waals surface area contributed by atoms with Gasteiger partial charge in [-0.15, -0.1) is 0 Å². The lowest BCUT2D eigenvalue weighted by molar-refractivity contribution is 1.14. The molecule has 15 aromatic heterocycles. The molecule has 0 amide bonds. The van der Waals surface area contributed by atoms with Crippen molar-refractivity contribution in [3.05, 3.63) is 493 Å². The summed E-state index contributed by atoms with van der Waals surface area (Å²) in [5.41, 5.74) is 28.7. The fourth-order valence-corrected chi connectivity index (χ4v) is 20.7. The van der Waals surface area contributed by atoms with Crippen LogP contribution < -0.4 is 0 Å². The van der Waals surface area contributed by atoms with Crippen LogP contribution in [0, 0.1) is 0 Å². The smallest absolute Gasteiger partial charge is 0.0886 e. The maximum absolute atomic E-state index is 4.94. The summed E-state index contributed by atoms with van der Waals surface area (Å²) in [4.78, 5) is 50.2. The Labute approximate surface area is 814 Å². The molecule has 14 aromatic carbocycles. The minimum atomic E-state index is 0.870. The summed E-state index contributed by atoms with van der Waals surface area (Å²) in [6.45, 7) is 0. The van der Waals surface area contributed by atoms with Crippen LogP contribution in [-0.2, 0) is 0 Å². The van der Waals surface area contributed by atoms with Crippen molar-refractivity contribution in [1.29, 1.82) is 0 Å². The van der Waals surface area contributed by atoms with Gasteiger partial charge in [0.25, 0.3) is 0 Å². The van der Waals surface area contributed by atoms with Crippen molar-refractivity contribution in [2.45, 2.75) is 0 Å². The van der Waals surface area contributed by atoms with Crippen LogP contribution in [0.15, 0.2) is 493 Å². The summed E-state index contributed by atoms with van der Waals surface area (Å²) < 4.78 is 9.21. The predicted octanol–water partition coefficient (Wildman–Crippen LogP) is 31.1. The van der Waals surface area contributed by atoms with Crippen molar-refractivity contribution >= 4 is 152 Å². The Morgan fingerprint density at radius 1 is 0.155 bits per heavy atom. The van der Waals surface area contributed by atoms with E-state index in [1.165, 1.54) is 119 Å². The van der Waals surface area contributed by atoms with E-state index in [0.717, 1.165) is 134 Å². The Balaban J connectivity index is 0.0000000972. The molecule has 0 radical (unpaired) electrons. The largest absolute Gasteiger partial charge is 0.308 e. The third-order valence-electron chi connectivity index (χ3n) is 27.2. The molecule has 0 aliphatic rings. The zero-order valence-corrected chi connectivity index (χ0v) is 76.5. The average Bonchev–Trinajstić information content (AvgIpc) is 1.59. The molecule has 0 unspecified atom stereocenters. The molecule has 29 rings (SSSR count). The molecule has 0 N–H and O–H groups in total. The molecule has 0 aliphatic heterocycles. The van der Waals surface area contributed by atoms with Gasteiger partial charge in [0.1, 0.15) is 0 Å². The number of hydrogen-bond donors (Lipinski definition) is 0. The van der Waals surface area contributed by atoms with Crippen LogP contribution in [0.25, 0.3) is 253 Å². The van der Waals surface area contributed by atoms with E-state index in [1.807, 2.05) is 159 Å². The van der Waals surface area contributed by atoms with Gasteiger partial charge in [-0.2, -0.15) is 0 Å². The zero-order valence-electron chi connectivity index (χ0n) is 76.5. The molecule has 0 bridgehead atoms. The molecule has 142 heavy (non-hydrogen) atoms. The molecule has 0 spiro atoms. The highest BCUT2D eigenvalue weighted by Crippen LogP contribution is 2.46. The molecular weight excluding hydrogens is 1740 g/mol. The second-order valence-electron chi connectivity index (χ2n) is 35.4. The zero-order chi connectivity index (χ0) is 93.9. The topological polar surface area (TPSA) is 162 Å². The minimum absolute atomic E-state index is 0.870. The first-order chi connectivity index (χ1) is 70.4.